The summed E-state index contributed by atoms with van der Waals surface area (Å²) in [5.41, 5.74) is 6.44. The molecule has 0 saturated heterocycles. The Morgan fingerprint density at radius 2 is 1.79 bits per heavy atom. The van der Waals surface area contributed by atoms with Crippen LogP contribution in [0.2, 0.25) is 0 Å². The molecule has 29 heavy (non-hydrogen) atoms. The topological polar surface area (TPSA) is 55.1 Å². The van der Waals surface area contributed by atoms with Gasteiger partial charge in [0.15, 0.2) is 0 Å². The van der Waals surface area contributed by atoms with E-state index in [-0.39, 0.29) is 34.9 Å². The lowest BCUT2D eigenvalue weighted by atomic mass is 9.38. The number of alkyl halides is 1. The summed E-state index contributed by atoms with van der Waals surface area (Å²) in [5, 5.41) is 3.43. The summed E-state index contributed by atoms with van der Waals surface area (Å²) in [6, 6.07) is 10.9. The van der Waals surface area contributed by atoms with E-state index >= 15 is 0 Å². The van der Waals surface area contributed by atoms with Gasteiger partial charge in [0.2, 0.25) is 5.91 Å². The molecule has 5 fully saturated rings. The van der Waals surface area contributed by atoms with Gasteiger partial charge in [0.05, 0.1) is 12.1 Å². The van der Waals surface area contributed by atoms with Gasteiger partial charge in [-0.2, -0.15) is 0 Å². The second-order valence-corrected chi connectivity index (χ2v) is 11.0. The van der Waals surface area contributed by atoms with Gasteiger partial charge in [-0.25, -0.2) is 0 Å². The smallest absolute Gasteiger partial charge is 0.226 e. The quantitative estimate of drug-likeness (QED) is 0.767. The van der Waals surface area contributed by atoms with E-state index in [4.69, 9.17) is 5.73 Å². The first kappa shape index (κ1) is 19.5. The number of rotatable bonds is 5. The van der Waals surface area contributed by atoms with Crippen molar-refractivity contribution in [2.24, 2.45) is 28.4 Å². The number of benzene rings is 1. The molecule has 0 aliphatic heterocycles. The molecule has 0 heterocycles. The third-order valence-electron chi connectivity index (χ3n) is 8.85. The van der Waals surface area contributed by atoms with Crippen molar-refractivity contribution in [3.8, 4) is 0 Å². The molecule has 3 unspecified atom stereocenters. The Bertz CT molecular complexity index is 761. The molecular weight excluding hydrogens is 363 g/mol. The van der Waals surface area contributed by atoms with Crippen molar-refractivity contribution in [3.63, 3.8) is 0 Å². The molecule has 3 nitrogen and oxygen atoms in total. The van der Waals surface area contributed by atoms with Crippen LogP contribution in [0.5, 0.6) is 0 Å². The molecule has 5 aliphatic rings. The lowest BCUT2D eigenvalue weighted by molar-refractivity contribution is -0.166. The van der Waals surface area contributed by atoms with Gasteiger partial charge in [0.25, 0.3) is 0 Å². The first-order valence-electron chi connectivity index (χ1n) is 11.6. The molecule has 0 spiro atoms. The number of carbonyl (C=O) groups is 1. The van der Waals surface area contributed by atoms with Gasteiger partial charge >= 0.3 is 0 Å². The van der Waals surface area contributed by atoms with Gasteiger partial charge in [-0.05, 0) is 93.6 Å². The Hall–Kier alpha value is -1.42. The number of nitrogens with two attached hydrogens (primary N) is 1. The standard InChI is InChI=1S/C25H35FN2O/c26-17-23-10-19-11-24(14-23,20-4-2-1-3-5-20)16-25(12-19,15-23)22(29)28-21-8-6-18(13-27)7-9-21/h1-5,18-19,21H,6-17,27H2,(H,28,29)/t18-,19?,21-,23?,24-,25?/m1/s1. The second-order valence-electron chi connectivity index (χ2n) is 11.0. The van der Waals surface area contributed by atoms with Gasteiger partial charge in [0.1, 0.15) is 0 Å². The largest absolute Gasteiger partial charge is 0.353 e. The predicted molar refractivity (Wildman–Crippen MR) is 113 cm³/mol. The highest BCUT2D eigenvalue weighted by molar-refractivity contribution is 5.84. The molecule has 1 aromatic rings. The van der Waals surface area contributed by atoms with Crippen molar-refractivity contribution in [2.75, 3.05) is 13.2 Å². The number of hydrogen-bond donors (Lipinski definition) is 2. The molecule has 1 amide bonds. The SMILES string of the molecule is NC[C@H]1CC[C@H](NC(=O)C23CC4CC(CF)(C2)C[C@](c2ccccc2)(C4)C3)CC1. The highest BCUT2D eigenvalue weighted by Crippen LogP contribution is 2.70. The number of halogens is 1. The first-order valence-corrected chi connectivity index (χ1v) is 11.6. The minimum absolute atomic E-state index is 0.0265. The van der Waals surface area contributed by atoms with Gasteiger partial charge in [-0.3, -0.25) is 9.18 Å². The zero-order valence-corrected chi connectivity index (χ0v) is 17.5. The van der Waals surface area contributed by atoms with E-state index < -0.39 is 0 Å². The average Bonchev–Trinajstić information content (AvgIpc) is 2.74. The molecule has 4 heteroatoms. The van der Waals surface area contributed by atoms with E-state index in [9.17, 15) is 9.18 Å². The van der Waals surface area contributed by atoms with E-state index in [0.717, 1.165) is 70.8 Å². The van der Waals surface area contributed by atoms with Crippen molar-refractivity contribution in [1.29, 1.82) is 0 Å². The third-order valence-corrected chi connectivity index (χ3v) is 8.85. The maximum Gasteiger partial charge on any atom is 0.226 e. The van der Waals surface area contributed by atoms with Crippen LogP contribution in [0.25, 0.3) is 0 Å². The summed E-state index contributed by atoms with van der Waals surface area (Å²) in [4.78, 5) is 13.7. The number of nitrogens with one attached hydrogen (secondary N) is 1. The maximum atomic E-state index is 14.5. The Labute approximate surface area is 174 Å². The molecule has 5 saturated carbocycles. The maximum absolute atomic E-state index is 14.5. The van der Waals surface area contributed by atoms with Crippen LogP contribution >= 0.6 is 0 Å². The van der Waals surface area contributed by atoms with Crippen LogP contribution in [-0.2, 0) is 10.2 Å². The molecule has 0 aromatic heterocycles. The Kier molecular flexibility index (Phi) is 4.77. The van der Waals surface area contributed by atoms with E-state index in [1.165, 1.54) is 5.56 Å². The minimum Gasteiger partial charge on any atom is -0.353 e. The molecule has 4 bridgehead atoms. The normalized spacial score (nSPS) is 43.3. The average molecular weight is 399 g/mol. The van der Waals surface area contributed by atoms with Gasteiger partial charge in [-0.1, -0.05) is 30.3 Å². The predicted octanol–water partition coefficient (Wildman–Crippen LogP) is 4.50. The van der Waals surface area contributed by atoms with Crippen LogP contribution in [0.3, 0.4) is 0 Å². The molecule has 158 valence electrons. The van der Waals surface area contributed by atoms with Crippen LogP contribution in [-0.4, -0.2) is 25.2 Å². The van der Waals surface area contributed by atoms with Crippen LogP contribution in [0, 0.1) is 22.7 Å². The lowest BCUT2D eigenvalue weighted by Crippen LogP contribution is -2.64. The Balaban J connectivity index is 1.41. The zero-order chi connectivity index (χ0) is 20.1. The van der Waals surface area contributed by atoms with Crippen molar-refractivity contribution in [2.45, 2.75) is 75.7 Å². The molecule has 0 radical (unpaired) electrons. The van der Waals surface area contributed by atoms with E-state index in [0.29, 0.717) is 11.8 Å². The second kappa shape index (κ2) is 7.08. The summed E-state index contributed by atoms with van der Waals surface area (Å²) >= 11 is 0. The van der Waals surface area contributed by atoms with Crippen LogP contribution in [0.1, 0.15) is 69.8 Å². The minimum atomic E-state index is -0.383. The third kappa shape index (κ3) is 3.22. The van der Waals surface area contributed by atoms with Crippen molar-refractivity contribution in [3.05, 3.63) is 35.9 Å². The van der Waals surface area contributed by atoms with Gasteiger partial charge < -0.3 is 11.1 Å². The number of hydrogen-bond acceptors (Lipinski definition) is 2. The van der Waals surface area contributed by atoms with Crippen molar-refractivity contribution < 1.29 is 9.18 Å². The van der Waals surface area contributed by atoms with Crippen molar-refractivity contribution in [1.82, 2.24) is 5.32 Å². The van der Waals surface area contributed by atoms with Crippen LogP contribution in [0.15, 0.2) is 30.3 Å². The van der Waals surface area contributed by atoms with E-state index in [1.807, 2.05) is 0 Å². The van der Waals surface area contributed by atoms with E-state index in [2.05, 4.69) is 35.6 Å². The molecule has 5 aliphatic carbocycles. The van der Waals surface area contributed by atoms with Crippen molar-refractivity contribution >= 4 is 5.91 Å². The van der Waals surface area contributed by atoms with Crippen LogP contribution in [0.4, 0.5) is 4.39 Å². The Morgan fingerprint density at radius 3 is 2.48 bits per heavy atom. The highest BCUT2D eigenvalue weighted by atomic mass is 19.1. The van der Waals surface area contributed by atoms with E-state index in [1.54, 1.807) is 0 Å². The molecule has 1 aromatic carbocycles. The monoisotopic (exact) mass is 398 g/mol. The lowest BCUT2D eigenvalue weighted by Gasteiger charge is -2.65. The summed E-state index contributed by atoms with van der Waals surface area (Å²) in [7, 11) is 0. The van der Waals surface area contributed by atoms with Gasteiger partial charge in [0, 0.05) is 11.5 Å². The number of amides is 1. The zero-order valence-electron chi connectivity index (χ0n) is 17.5. The fourth-order valence-electron chi connectivity index (χ4n) is 8.03. The molecule has 3 N–H and O–H groups in total. The molecular formula is C25H35FN2O. The summed E-state index contributed by atoms with van der Waals surface area (Å²) < 4.78 is 14.5. The molecule has 4 atom stereocenters. The highest BCUT2D eigenvalue weighted by Gasteiger charge is 2.66. The summed E-state index contributed by atoms with van der Waals surface area (Å²) in [6.45, 7) is 0.472. The van der Waals surface area contributed by atoms with Gasteiger partial charge in [-0.15, -0.1) is 0 Å². The first-order chi connectivity index (χ1) is 14.0. The number of carbonyl (C=O) groups excluding carboxylic acids is 1. The fourth-order valence-corrected chi connectivity index (χ4v) is 8.03. The molecule has 6 rings (SSSR count). The summed E-state index contributed by atoms with van der Waals surface area (Å²) in [6.07, 6.45) is 9.87. The fraction of sp³-hybridized carbons (Fsp3) is 0.720. The Morgan fingerprint density at radius 1 is 1.03 bits per heavy atom. The van der Waals surface area contributed by atoms with Crippen LogP contribution < -0.4 is 11.1 Å². The summed E-state index contributed by atoms with van der Waals surface area (Å²) in [5.74, 6) is 1.30.